The van der Waals surface area contributed by atoms with E-state index in [4.69, 9.17) is 10.5 Å². The summed E-state index contributed by atoms with van der Waals surface area (Å²) in [7, 11) is 0. The Morgan fingerprint density at radius 3 is 2.00 bits per heavy atom. The van der Waals surface area contributed by atoms with Gasteiger partial charge in [0.15, 0.2) is 0 Å². The first-order chi connectivity index (χ1) is 5.07. The summed E-state index contributed by atoms with van der Waals surface area (Å²) in [6, 6.07) is 0.277. The fourth-order valence-electron chi connectivity index (χ4n) is 1.74. The summed E-state index contributed by atoms with van der Waals surface area (Å²) in [6.45, 7) is 8.29. The lowest BCUT2D eigenvalue weighted by atomic mass is 9.73. The quantitative estimate of drug-likeness (QED) is 0.672. The second kappa shape index (κ2) is 3.11. The average Bonchev–Trinajstić information content (AvgIpc) is 1.77. The van der Waals surface area contributed by atoms with Crippen LogP contribution in [0.5, 0.6) is 0 Å². The van der Waals surface area contributed by atoms with E-state index in [0.717, 1.165) is 19.1 Å². The van der Waals surface area contributed by atoms with E-state index in [1.54, 1.807) is 0 Å². The third kappa shape index (κ3) is 1.74. The third-order valence-corrected chi connectivity index (χ3v) is 2.56. The van der Waals surface area contributed by atoms with Gasteiger partial charge in [0, 0.05) is 11.5 Å². The summed E-state index contributed by atoms with van der Waals surface area (Å²) in [5.74, 6) is 0.727. The van der Waals surface area contributed by atoms with Crippen molar-refractivity contribution in [1.29, 1.82) is 0 Å². The van der Waals surface area contributed by atoms with Gasteiger partial charge in [-0.1, -0.05) is 13.8 Å². The fourth-order valence-corrected chi connectivity index (χ4v) is 1.74. The monoisotopic (exact) mass is 157 g/mol. The van der Waals surface area contributed by atoms with Gasteiger partial charge in [0.25, 0.3) is 0 Å². The van der Waals surface area contributed by atoms with E-state index >= 15 is 0 Å². The second-order valence-corrected chi connectivity index (χ2v) is 4.24. The molecule has 0 saturated carbocycles. The SMILES string of the molecule is CC(C)CC1(C(C)N)COC1. The van der Waals surface area contributed by atoms with Crippen LogP contribution in [0.25, 0.3) is 0 Å². The number of hydrogen-bond donors (Lipinski definition) is 1. The van der Waals surface area contributed by atoms with Crippen molar-refractivity contribution < 1.29 is 4.74 Å². The number of rotatable bonds is 3. The minimum Gasteiger partial charge on any atom is -0.380 e. The summed E-state index contributed by atoms with van der Waals surface area (Å²) in [5.41, 5.74) is 6.20. The van der Waals surface area contributed by atoms with Crippen molar-refractivity contribution in [1.82, 2.24) is 0 Å². The molecule has 0 aromatic carbocycles. The molecule has 1 heterocycles. The van der Waals surface area contributed by atoms with Crippen molar-refractivity contribution in [3.05, 3.63) is 0 Å². The van der Waals surface area contributed by atoms with E-state index in [-0.39, 0.29) is 6.04 Å². The van der Waals surface area contributed by atoms with Gasteiger partial charge in [-0.2, -0.15) is 0 Å². The van der Waals surface area contributed by atoms with Crippen molar-refractivity contribution >= 4 is 0 Å². The van der Waals surface area contributed by atoms with Crippen LogP contribution in [0, 0.1) is 11.3 Å². The lowest BCUT2D eigenvalue weighted by Gasteiger charge is -2.45. The molecule has 0 aromatic rings. The molecule has 11 heavy (non-hydrogen) atoms. The van der Waals surface area contributed by atoms with Gasteiger partial charge < -0.3 is 10.5 Å². The zero-order valence-electron chi connectivity index (χ0n) is 7.76. The zero-order valence-corrected chi connectivity index (χ0v) is 7.76. The maximum Gasteiger partial charge on any atom is 0.0559 e. The Balaban J connectivity index is 2.47. The second-order valence-electron chi connectivity index (χ2n) is 4.24. The first kappa shape index (κ1) is 9.01. The molecule has 1 rings (SSSR count). The first-order valence-corrected chi connectivity index (χ1v) is 4.40. The molecular weight excluding hydrogens is 138 g/mol. The van der Waals surface area contributed by atoms with Gasteiger partial charge in [0.2, 0.25) is 0 Å². The molecule has 1 aliphatic rings. The molecule has 1 fully saturated rings. The maximum atomic E-state index is 5.90. The minimum atomic E-state index is 0.277. The van der Waals surface area contributed by atoms with E-state index in [1.807, 2.05) is 0 Å². The largest absolute Gasteiger partial charge is 0.380 e. The Morgan fingerprint density at radius 2 is 1.91 bits per heavy atom. The summed E-state index contributed by atoms with van der Waals surface area (Å²) in [4.78, 5) is 0. The van der Waals surface area contributed by atoms with Crippen LogP contribution >= 0.6 is 0 Å². The molecule has 0 bridgehead atoms. The summed E-state index contributed by atoms with van der Waals surface area (Å²) >= 11 is 0. The van der Waals surface area contributed by atoms with E-state index in [2.05, 4.69) is 20.8 Å². The molecule has 2 nitrogen and oxygen atoms in total. The van der Waals surface area contributed by atoms with E-state index in [0.29, 0.717) is 5.41 Å². The number of hydrogen-bond acceptors (Lipinski definition) is 2. The van der Waals surface area contributed by atoms with Gasteiger partial charge >= 0.3 is 0 Å². The Labute approximate surface area is 69.1 Å². The highest BCUT2D eigenvalue weighted by molar-refractivity contribution is 4.92. The van der Waals surface area contributed by atoms with Gasteiger partial charge in [-0.3, -0.25) is 0 Å². The van der Waals surface area contributed by atoms with Crippen molar-refractivity contribution in [3.63, 3.8) is 0 Å². The third-order valence-electron chi connectivity index (χ3n) is 2.56. The predicted molar refractivity (Wildman–Crippen MR) is 46.4 cm³/mol. The molecule has 1 aliphatic heterocycles. The minimum absolute atomic E-state index is 0.277. The highest BCUT2D eigenvalue weighted by atomic mass is 16.5. The lowest BCUT2D eigenvalue weighted by molar-refractivity contribution is -0.133. The Kier molecular flexibility index (Phi) is 2.55. The van der Waals surface area contributed by atoms with Crippen LogP contribution in [0.3, 0.4) is 0 Å². The van der Waals surface area contributed by atoms with Crippen LogP contribution in [0.15, 0.2) is 0 Å². The molecule has 2 N–H and O–H groups in total. The van der Waals surface area contributed by atoms with E-state index in [1.165, 1.54) is 6.42 Å². The first-order valence-electron chi connectivity index (χ1n) is 4.40. The van der Waals surface area contributed by atoms with E-state index in [9.17, 15) is 0 Å². The van der Waals surface area contributed by atoms with E-state index < -0.39 is 0 Å². The zero-order chi connectivity index (χ0) is 8.48. The molecule has 0 spiro atoms. The van der Waals surface area contributed by atoms with Crippen molar-refractivity contribution in [2.45, 2.75) is 33.2 Å². The smallest absolute Gasteiger partial charge is 0.0559 e. The summed E-state index contributed by atoms with van der Waals surface area (Å²) in [5, 5.41) is 0. The predicted octanol–water partition coefficient (Wildman–Crippen LogP) is 1.40. The molecule has 1 saturated heterocycles. The van der Waals surface area contributed by atoms with Crippen LogP contribution in [0.2, 0.25) is 0 Å². The molecule has 0 aromatic heterocycles. The van der Waals surface area contributed by atoms with Gasteiger partial charge in [0.05, 0.1) is 13.2 Å². The van der Waals surface area contributed by atoms with Crippen molar-refractivity contribution in [2.75, 3.05) is 13.2 Å². The number of ether oxygens (including phenoxy) is 1. The van der Waals surface area contributed by atoms with Crippen LogP contribution < -0.4 is 5.73 Å². The van der Waals surface area contributed by atoms with Gasteiger partial charge in [-0.05, 0) is 19.3 Å². The molecule has 0 amide bonds. The van der Waals surface area contributed by atoms with Crippen molar-refractivity contribution in [2.24, 2.45) is 17.1 Å². The maximum absolute atomic E-state index is 5.90. The highest BCUT2D eigenvalue weighted by Gasteiger charge is 2.42. The van der Waals surface area contributed by atoms with Crippen LogP contribution in [0.4, 0.5) is 0 Å². The Morgan fingerprint density at radius 1 is 1.36 bits per heavy atom. The van der Waals surface area contributed by atoms with Crippen molar-refractivity contribution in [3.8, 4) is 0 Å². The lowest BCUT2D eigenvalue weighted by Crippen LogP contribution is -2.54. The number of nitrogens with two attached hydrogens (primary N) is 1. The van der Waals surface area contributed by atoms with Gasteiger partial charge in [-0.15, -0.1) is 0 Å². The summed E-state index contributed by atoms with van der Waals surface area (Å²) in [6.07, 6.45) is 1.20. The molecule has 1 atom stereocenters. The molecular formula is C9H19NO. The normalized spacial score (nSPS) is 24.8. The fraction of sp³-hybridized carbons (Fsp3) is 1.00. The van der Waals surface area contributed by atoms with Crippen LogP contribution in [-0.2, 0) is 4.74 Å². The summed E-state index contributed by atoms with van der Waals surface area (Å²) < 4.78 is 5.22. The van der Waals surface area contributed by atoms with Gasteiger partial charge in [-0.25, -0.2) is 0 Å². The Bertz CT molecular complexity index is 128. The highest BCUT2D eigenvalue weighted by Crippen LogP contribution is 2.36. The molecule has 0 radical (unpaired) electrons. The molecule has 1 unspecified atom stereocenters. The molecule has 66 valence electrons. The molecule has 0 aliphatic carbocycles. The molecule has 2 heteroatoms. The van der Waals surface area contributed by atoms with Crippen LogP contribution in [-0.4, -0.2) is 19.3 Å². The Hall–Kier alpha value is -0.0800. The standard InChI is InChI=1S/C9H19NO/c1-7(2)4-9(8(3)10)5-11-6-9/h7-8H,4-6,10H2,1-3H3. The topological polar surface area (TPSA) is 35.2 Å². The van der Waals surface area contributed by atoms with Gasteiger partial charge in [0.1, 0.15) is 0 Å². The average molecular weight is 157 g/mol. The van der Waals surface area contributed by atoms with Crippen LogP contribution in [0.1, 0.15) is 27.2 Å².